The van der Waals surface area contributed by atoms with Gasteiger partial charge in [0.2, 0.25) is 5.91 Å². The van der Waals surface area contributed by atoms with Gasteiger partial charge < -0.3 is 14.4 Å². The minimum absolute atomic E-state index is 0.245. The molecule has 0 aromatic carbocycles. The van der Waals surface area contributed by atoms with Gasteiger partial charge in [-0.05, 0) is 31.6 Å². The summed E-state index contributed by atoms with van der Waals surface area (Å²) in [5, 5.41) is 3.14. The third-order valence-electron chi connectivity index (χ3n) is 5.73. The SMILES string of the molecule is Cc1nc(COCC[C@H]2CO[C@H]3CN(C(=O)[C@@H]4C[C@@H]4C)C[C@@H]23)cs1. The number of amides is 1. The highest BCUT2D eigenvalue weighted by molar-refractivity contribution is 7.09. The number of carbonyl (C=O) groups is 1. The van der Waals surface area contributed by atoms with E-state index in [0.29, 0.717) is 30.3 Å². The number of aromatic nitrogens is 1. The van der Waals surface area contributed by atoms with E-state index in [9.17, 15) is 4.79 Å². The van der Waals surface area contributed by atoms with Gasteiger partial charge in [0.25, 0.3) is 0 Å². The van der Waals surface area contributed by atoms with Crippen LogP contribution in [-0.4, -0.2) is 48.2 Å². The fraction of sp³-hybridized carbons (Fsp3) is 0.778. The standard InChI is InChI=1S/C18H26N2O3S/c1-11-5-15(11)18(21)20-6-16-13(8-23-17(16)7-20)3-4-22-9-14-10-24-12(2)19-14/h10-11,13,15-17H,3-9H2,1-2H3/t11-,13-,15+,16-,17-/m0/s1. The average molecular weight is 350 g/mol. The van der Waals surface area contributed by atoms with Gasteiger partial charge in [0.1, 0.15) is 0 Å². The molecule has 2 aliphatic heterocycles. The molecule has 5 nitrogen and oxygen atoms in total. The molecule has 1 aromatic rings. The Kier molecular flexibility index (Phi) is 4.62. The Balaban J connectivity index is 1.22. The van der Waals surface area contributed by atoms with Gasteiger partial charge in [0.15, 0.2) is 0 Å². The highest BCUT2D eigenvalue weighted by atomic mass is 32.1. The van der Waals surface area contributed by atoms with Gasteiger partial charge in [-0.1, -0.05) is 6.92 Å². The first kappa shape index (κ1) is 16.5. The zero-order valence-corrected chi connectivity index (χ0v) is 15.3. The van der Waals surface area contributed by atoms with Crippen molar-refractivity contribution in [3.05, 3.63) is 16.1 Å². The van der Waals surface area contributed by atoms with Crippen LogP contribution in [-0.2, 0) is 20.9 Å². The minimum Gasteiger partial charge on any atom is -0.376 e. The summed E-state index contributed by atoms with van der Waals surface area (Å²) in [5.74, 6) is 2.23. The first-order valence-electron chi connectivity index (χ1n) is 9.01. The summed E-state index contributed by atoms with van der Waals surface area (Å²) in [4.78, 5) is 18.9. The highest BCUT2D eigenvalue weighted by Crippen LogP contribution is 2.42. The molecule has 6 heteroatoms. The monoisotopic (exact) mass is 350 g/mol. The lowest BCUT2D eigenvalue weighted by Gasteiger charge is -2.20. The van der Waals surface area contributed by atoms with E-state index in [2.05, 4.69) is 22.2 Å². The molecule has 132 valence electrons. The number of likely N-dealkylation sites (tertiary alicyclic amines) is 1. The topological polar surface area (TPSA) is 51.7 Å². The third kappa shape index (κ3) is 3.37. The van der Waals surface area contributed by atoms with Crippen LogP contribution in [0.1, 0.15) is 30.5 Å². The van der Waals surface area contributed by atoms with E-state index in [0.717, 1.165) is 49.8 Å². The number of hydrogen-bond donors (Lipinski definition) is 0. The van der Waals surface area contributed by atoms with Crippen molar-refractivity contribution in [3.8, 4) is 0 Å². The number of hydrogen-bond acceptors (Lipinski definition) is 5. The number of fused-ring (bicyclic) bond motifs is 1. The van der Waals surface area contributed by atoms with Crippen LogP contribution in [0.4, 0.5) is 0 Å². The van der Waals surface area contributed by atoms with Crippen molar-refractivity contribution >= 4 is 17.2 Å². The lowest BCUT2D eigenvalue weighted by molar-refractivity contribution is -0.132. The summed E-state index contributed by atoms with van der Waals surface area (Å²) >= 11 is 1.66. The summed E-state index contributed by atoms with van der Waals surface area (Å²) in [7, 11) is 0. The number of ether oxygens (including phenoxy) is 2. The summed E-state index contributed by atoms with van der Waals surface area (Å²) < 4.78 is 11.7. The van der Waals surface area contributed by atoms with E-state index in [4.69, 9.17) is 9.47 Å². The van der Waals surface area contributed by atoms with Crippen LogP contribution < -0.4 is 0 Å². The van der Waals surface area contributed by atoms with E-state index in [1.54, 1.807) is 11.3 Å². The second-order valence-corrected chi connectivity index (χ2v) is 8.62. The largest absolute Gasteiger partial charge is 0.376 e. The summed E-state index contributed by atoms with van der Waals surface area (Å²) in [5.41, 5.74) is 1.02. The van der Waals surface area contributed by atoms with Crippen LogP contribution in [0.5, 0.6) is 0 Å². The molecule has 0 unspecified atom stereocenters. The molecule has 3 heterocycles. The van der Waals surface area contributed by atoms with Crippen molar-refractivity contribution < 1.29 is 14.3 Å². The molecule has 3 aliphatic rings. The average Bonchev–Trinajstić information content (AvgIpc) is 2.93. The van der Waals surface area contributed by atoms with Crippen molar-refractivity contribution in [1.82, 2.24) is 9.88 Å². The Morgan fingerprint density at radius 3 is 3.04 bits per heavy atom. The molecular weight excluding hydrogens is 324 g/mol. The van der Waals surface area contributed by atoms with Crippen molar-refractivity contribution in [2.45, 2.75) is 39.4 Å². The predicted octanol–water partition coefficient (Wildman–Crippen LogP) is 2.49. The molecule has 4 rings (SSSR count). The van der Waals surface area contributed by atoms with E-state index in [1.165, 1.54) is 0 Å². The minimum atomic E-state index is 0.245. The van der Waals surface area contributed by atoms with Crippen molar-refractivity contribution in [1.29, 1.82) is 0 Å². The Labute approximate surface area is 147 Å². The molecule has 1 aliphatic carbocycles. The van der Waals surface area contributed by atoms with Crippen molar-refractivity contribution in [2.75, 3.05) is 26.3 Å². The lowest BCUT2D eigenvalue weighted by Crippen LogP contribution is -2.32. The van der Waals surface area contributed by atoms with Crippen LogP contribution in [0.2, 0.25) is 0 Å². The number of rotatable bonds is 6. The molecule has 0 N–H and O–H groups in total. The smallest absolute Gasteiger partial charge is 0.226 e. The van der Waals surface area contributed by atoms with Crippen LogP contribution in [0.25, 0.3) is 0 Å². The third-order valence-corrected chi connectivity index (χ3v) is 6.55. The van der Waals surface area contributed by atoms with Crippen LogP contribution in [0, 0.1) is 30.6 Å². The molecule has 0 spiro atoms. The Bertz CT molecular complexity index is 605. The van der Waals surface area contributed by atoms with Gasteiger partial charge in [-0.15, -0.1) is 11.3 Å². The second-order valence-electron chi connectivity index (χ2n) is 7.56. The predicted molar refractivity (Wildman–Crippen MR) is 91.7 cm³/mol. The van der Waals surface area contributed by atoms with E-state index < -0.39 is 0 Å². The van der Waals surface area contributed by atoms with Crippen molar-refractivity contribution in [2.24, 2.45) is 23.7 Å². The zero-order chi connectivity index (χ0) is 16.7. The number of thiazole rings is 1. The molecule has 0 radical (unpaired) electrons. The normalized spacial score (nSPS) is 34.6. The maximum atomic E-state index is 12.4. The fourth-order valence-corrected chi connectivity index (χ4v) is 4.66. The van der Waals surface area contributed by atoms with E-state index >= 15 is 0 Å². The summed E-state index contributed by atoms with van der Waals surface area (Å²) in [6.45, 7) is 8.00. The van der Waals surface area contributed by atoms with Gasteiger partial charge in [-0.2, -0.15) is 0 Å². The Morgan fingerprint density at radius 2 is 2.33 bits per heavy atom. The van der Waals surface area contributed by atoms with Gasteiger partial charge in [0, 0.05) is 36.9 Å². The van der Waals surface area contributed by atoms with Gasteiger partial charge >= 0.3 is 0 Å². The van der Waals surface area contributed by atoms with Crippen LogP contribution >= 0.6 is 11.3 Å². The molecule has 1 amide bonds. The summed E-state index contributed by atoms with van der Waals surface area (Å²) in [6.07, 6.45) is 2.32. The summed E-state index contributed by atoms with van der Waals surface area (Å²) in [6, 6.07) is 0. The van der Waals surface area contributed by atoms with Crippen molar-refractivity contribution in [3.63, 3.8) is 0 Å². The molecule has 24 heavy (non-hydrogen) atoms. The molecule has 2 saturated heterocycles. The number of carbonyl (C=O) groups excluding carboxylic acids is 1. The Hall–Kier alpha value is -0.980. The molecular formula is C18H26N2O3S. The maximum Gasteiger partial charge on any atom is 0.226 e. The van der Waals surface area contributed by atoms with Gasteiger partial charge in [0.05, 0.1) is 30.0 Å². The van der Waals surface area contributed by atoms with E-state index in [-0.39, 0.29) is 12.0 Å². The second kappa shape index (κ2) is 6.73. The first-order valence-corrected chi connectivity index (χ1v) is 9.89. The zero-order valence-electron chi connectivity index (χ0n) is 14.4. The van der Waals surface area contributed by atoms with Crippen LogP contribution in [0.15, 0.2) is 5.38 Å². The number of aryl methyl sites for hydroxylation is 1. The number of nitrogens with zero attached hydrogens (tertiary/aromatic N) is 2. The Morgan fingerprint density at radius 1 is 1.50 bits per heavy atom. The fourth-order valence-electron chi connectivity index (χ4n) is 4.06. The lowest BCUT2D eigenvalue weighted by atomic mass is 9.91. The molecule has 3 fully saturated rings. The molecule has 1 saturated carbocycles. The van der Waals surface area contributed by atoms with Gasteiger partial charge in [-0.3, -0.25) is 4.79 Å². The van der Waals surface area contributed by atoms with E-state index in [1.807, 2.05) is 6.92 Å². The molecule has 0 bridgehead atoms. The highest BCUT2D eigenvalue weighted by Gasteiger charge is 2.49. The molecule has 1 aromatic heterocycles. The molecule has 5 atom stereocenters. The van der Waals surface area contributed by atoms with Gasteiger partial charge in [-0.25, -0.2) is 4.98 Å². The van der Waals surface area contributed by atoms with Crippen LogP contribution in [0.3, 0.4) is 0 Å². The maximum absolute atomic E-state index is 12.4. The first-order chi connectivity index (χ1) is 11.6. The quantitative estimate of drug-likeness (QED) is 0.740.